The number of carbonyl (C=O) groups excluding carboxylic acids is 2. The lowest BCUT2D eigenvalue weighted by atomic mass is 10.1. The van der Waals surface area contributed by atoms with Crippen LogP contribution in [0.25, 0.3) is 0 Å². The first-order valence-electron chi connectivity index (χ1n) is 7.77. The molecule has 0 saturated carbocycles. The fourth-order valence-corrected chi connectivity index (χ4v) is 2.19. The number of carboxylic acid groups (broad SMARTS) is 1. The van der Waals surface area contributed by atoms with Gasteiger partial charge in [-0.25, -0.2) is 4.79 Å². The summed E-state index contributed by atoms with van der Waals surface area (Å²) < 4.78 is 1.26. The molecule has 1 heterocycles. The number of hydrogen-bond donors (Lipinski definition) is 4. The normalized spacial score (nSPS) is 11.4. The molecule has 132 valence electrons. The van der Waals surface area contributed by atoms with Crippen LogP contribution in [0.3, 0.4) is 0 Å². The Balaban J connectivity index is 1.90. The smallest absolute Gasteiger partial charge is 0.405 e. The standard InChI is InChI=1S/C17H20N4O4/c1-12(19-17(24)25)15(22)20-21-11-5-8-14(21)16(23)18-10-9-13-6-3-2-4-7-13/h2-8,11-12,19H,9-10H2,1H3,(H,18,23)(H,20,22)(H,24,25)/t12-/m0/s1. The second-order valence-electron chi connectivity index (χ2n) is 5.40. The number of carbonyl (C=O) groups is 3. The van der Waals surface area contributed by atoms with Gasteiger partial charge in [-0.05, 0) is 31.0 Å². The Hall–Kier alpha value is -3.29. The monoisotopic (exact) mass is 344 g/mol. The number of amides is 3. The average Bonchev–Trinajstić information content (AvgIpc) is 3.03. The number of benzene rings is 1. The van der Waals surface area contributed by atoms with Gasteiger partial charge < -0.3 is 15.7 Å². The zero-order chi connectivity index (χ0) is 18.2. The van der Waals surface area contributed by atoms with Crippen molar-refractivity contribution in [3.8, 4) is 0 Å². The summed E-state index contributed by atoms with van der Waals surface area (Å²) in [5, 5.41) is 13.5. The molecule has 0 aliphatic rings. The van der Waals surface area contributed by atoms with Crippen molar-refractivity contribution in [1.82, 2.24) is 15.3 Å². The van der Waals surface area contributed by atoms with E-state index in [0.717, 1.165) is 5.56 Å². The highest BCUT2D eigenvalue weighted by molar-refractivity contribution is 5.95. The highest BCUT2D eigenvalue weighted by Gasteiger charge is 2.17. The minimum atomic E-state index is -1.30. The zero-order valence-corrected chi connectivity index (χ0v) is 13.7. The molecule has 4 N–H and O–H groups in total. The van der Waals surface area contributed by atoms with Crippen LogP contribution in [-0.2, 0) is 11.2 Å². The Morgan fingerprint density at radius 2 is 1.84 bits per heavy atom. The number of aromatic nitrogens is 1. The van der Waals surface area contributed by atoms with Crippen molar-refractivity contribution in [2.24, 2.45) is 0 Å². The first kappa shape index (κ1) is 18.1. The molecule has 0 unspecified atom stereocenters. The van der Waals surface area contributed by atoms with E-state index in [2.05, 4.69) is 10.7 Å². The molecule has 25 heavy (non-hydrogen) atoms. The number of nitrogens with zero attached hydrogens (tertiary/aromatic N) is 1. The fraction of sp³-hybridized carbons (Fsp3) is 0.235. The molecular formula is C17H20N4O4. The van der Waals surface area contributed by atoms with Crippen LogP contribution >= 0.6 is 0 Å². The van der Waals surface area contributed by atoms with Crippen molar-refractivity contribution in [3.05, 3.63) is 59.9 Å². The lowest BCUT2D eigenvalue weighted by Crippen LogP contribution is -2.44. The molecule has 0 bridgehead atoms. The second kappa shape index (κ2) is 8.53. The molecule has 0 radical (unpaired) electrons. The van der Waals surface area contributed by atoms with Crippen LogP contribution in [0, 0.1) is 0 Å². The number of nitrogens with one attached hydrogen (secondary N) is 3. The highest BCUT2D eigenvalue weighted by Crippen LogP contribution is 2.02. The Morgan fingerprint density at radius 3 is 2.52 bits per heavy atom. The van der Waals surface area contributed by atoms with Crippen molar-refractivity contribution in [2.45, 2.75) is 19.4 Å². The molecule has 1 aromatic heterocycles. The molecule has 0 fully saturated rings. The molecule has 2 rings (SSSR count). The Kier molecular flexibility index (Phi) is 6.16. The van der Waals surface area contributed by atoms with E-state index in [1.54, 1.807) is 12.1 Å². The van der Waals surface area contributed by atoms with E-state index in [9.17, 15) is 14.4 Å². The second-order valence-corrected chi connectivity index (χ2v) is 5.40. The lowest BCUT2D eigenvalue weighted by molar-refractivity contribution is -0.118. The van der Waals surface area contributed by atoms with Crippen molar-refractivity contribution >= 4 is 17.9 Å². The zero-order valence-electron chi connectivity index (χ0n) is 13.7. The first-order valence-corrected chi connectivity index (χ1v) is 7.77. The first-order chi connectivity index (χ1) is 12.0. The van der Waals surface area contributed by atoms with Crippen LogP contribution in [0.4, 0.5) is 4.79 Å². The molecule has 0 aliphatic heterocycles. The van der Waals surface area contributed by atoms with E-state index >= 15 is 0 Å². The van der Waals surface area contributed by atoms with Crippen molar-refractivity contribution < 1.29 is 19.5 Å². The van der Waals surface area contributed by atoms with E-state index < -0.39 is 18.0 Å². The third-order valence-electron chi connectivity index (χ3n) is 3.49. The van der Waals surface area contributed by atoms with Crippen LogP contribution < -0.4 is 16.1 Å². The summed E-state index contributed by atoms with van der Waals surface area (Å²) in [6.45, 7) is 1.87. The maximum absolute atomic E-state index is 12.3. The van der Waals surface area contributed by atoms with Gasteiger partial charge in [-0.2, -0.15) is 0 Å². The van der Waals surface area contributed by atoms with Gasteiger partial charge in [0.15, 0.2) is 0 Å². The van der Waals surface area contributed by atoms with Crippen LogP contribution in [0.1, 0.15) is 23.0 Å². The van der Waals surface area contributed by atoms with E-state index in [4.69, 9.17) is 5.11 Å². The fourth-order valence-electron chi connectivity index (χ4n) is 2.19. The summed E-state index contributed by atoms with van der Waals surface area (Å²) in [5.41, 5.74) is 3.84. The molecular weight excluding hydrogens is 324 g/mol. The summed E-state index contributed by atoms with van der Waals surface area (Å²) in [5.74, 6) is -0.906. The number of hydrogen-bond acceptors (Lipinski definition) is 3. The molecule has 3 amide bonds. The van der Waals surface area contributed by atoms with Crippen LogP contribution in [0.15, 0.2) is 48.7 Å². The Bertz CT molecular complexity index is 742. The van der Waals surface area contributed by atoms with Gasteiger partial charge in [-0.1, -0.05) is 30.3 Å². The molecule has 1 atom stereocenters. The Morgan fingerprint density at radius 1 is 1.12 bits per heavy atom. The van der Waals surface area contributed by atoms with Gasteiger partial charge in [0.05, 0.1) is 0 Å². The van der Waals surface area contributed by atoms with Crippen molar-refractivity contribution in [3.63, 3.8) is 0 Å². The van der Waals surface area contributed by atoms with Gasteiger partial charge in [0.25, 0.3) is 11.8 Å². The van der Waals surface area contributed by atoms with E-state index in [0.29, 0.717) is 13.0 Å². The molecule has 0 aliphatic carbocycles. The summed E-state index contributed by atoms with van der Waals surface area (Å²) in [4.78, 5) is 34.7. The third kappa shape index (κ3) is 5.38. The molecule has 2 aromatic rings. The topological polar surface area (TPSA) is 112 Å². The minimum Gasteiger partial charge on any atom is -0.465 e. The van der Waals surface area contributed by atoms with Gasteiger partial charge in [0, 0.05) is 12.7 Å². The largest absolute Gasteiger partial charge is 0.465 e. The summed E-state index contributed by atoms with van der Waals surface area (Å²) in [6.07, 6.45) is 0.908. The van der Waals surface area contributed by atoms with E-state index in [1.807, 2.05) is 35.6 Å². The Labute approximate surface area is 144 Å². The third-order valence-corrected chi connectivity index (χ3v) is 3.49. The van der Waals surface area contributed by atoms with Crippen LogP contribution in [-0.4, -0.2) is 40.3 Å². The van der Waals surface area contributed by atoms with E-state index in [-0.39, 0.29) is 11.6 Å². The van der Waals surface area contributed by atoms with Crippen molar-refractivity contribution in [1.29, 1.82) is 0 Å². The predicted molar refractivity (Wildman–Crippen MR) is 91.9 cm³/mol. The molecule has 0 spiro atoms. The van der Waals surface area contributed by atoms with Crippen molar-refractivity contribution in [2.75, 3.05) is 12.0 Å². The molecule has 8 heteroatoms. The maximum Gasteiger partial charge on any atom is 0.405 e. The van der Waals surface area contributed by atoms with E-state index in [1.165, 1.54) is 17.8 Å². The van der Waals surface area contributed by atoms with Gasteiger partial charge >= 0.3 is 6.09 Å². The predicted octanol–water partition coefficient (Wildman–Crippen LogP) is 1.19. The van der Waals surface area contributed by atoms with Gasteiger partial charge in [-0.3, -0.25) is 19.7 Å². The minimum absolute atomic E-state index is 0.254. The van der Waals surface area contributed by atoms with Gasteiger partial charge in [-0.15, -0.1) is 0 Å². The summed E-state index contributed by atoms with van der Waals surface area (Å²) in [6, 6.07) is 12.0. The SMILES string of the molecule is C[C@H](NC(=O)O)C(=O)Nn1cccc1C(=O)NCCc1ccccc1. The summed E-state index contributed by atoms with van der Waals surface area (Å²) >= 11 is 0. The average molecular weight is 344 g/mol. The molecule has 1 aromatic carbocycles. The maximum atomic E-state index is 12.3. The lowest BCUT2D eigenvalue weighted by Gasteiger charge is -2.15. The number of rotatable bonds is 7. The molecule has 8 nitrogen and oxygen atoms in total. The molecule has 0 saturated heterocycles. The summed E-state index contributed by atoms with van der Waals surface area (Å²) in [7, 11) is 0. The van der Waals surface area contributed by atoms with Crippen LogP contribution in [0.2, 0.25) is 0 Å². The van der Waals surface area contributed by atoms with Gasteiger partial charge in [0.1, 0.15) is 11.7 Å². The highest BCUT2D eigenvalue weighted by atomic mass is 16.4. The van der Waals surface area contributed by atoms with Gasteiger partial charge in [0.2, 0.25) is 0 Å². The van der Waals surface area contributed by atoms with Crippen LogP contribution in [0.5, 0.6) is 0 Å². The quantitative estimate of drug-likeness (QED) is 0.604.